The second-order valence-corrected chi connectivity index (χ2v) is 4.03. The van der Waals surface area contributed by atoms with Gasteiger partial charge in [0.15, 0.2) is 0 Å². The number of aryl methyl sites for hydroxylation is 1. The summed E-state index contributed by atoms with van der Waals surface area (Å²) >= 11 is 5.87. The first-order valence-corrected chi connectivity index (χ1v) is 5.07. The Morgan fingerprint density at radius 1 is 1.36 bits per heavy atom. The van der Waals surface area contributed by atoms with Crippen LogP contribution in [0.3, 0.4) is 0 Å². The van der Waals surface area contributed by atoms with Gasteiger partial charge in [0, 0.05) is 11.1 Å². The third-order valence-electron chi connectivity index (χ3n) is 2.20. The third-order valence-corrected chi connectivity index (χ3v) is 2.44. The van der Waals surface area contributed by atoms with Crippen molar-refractivity contribution in [2.45, 2.75) is 32.9 Å². The molecule has 78 valence electrons. The minimum absolute atomic E-state index is 0.00725. The van der Waals surface area contributed by atoms with Crippen LogP contribution < -0.4 is 10.5 Å². The lowest BCUT2D eigenvalue weighted by Gasteiger charge is -2.19. The number of hydrogen-bond acceptors (Lipinski definition) is 2. The predicted molar refractivity (Wildman–Crippen MR) is 59.9 cm³/mol. The standard InChI is InChI=1S/C11H16ClNO/c1-7-4-5-10(12)6-11(7)14-9(3)8(2)13/h4-6,8-9H,13H2,1-3H3/t8-,9?/m1/s1. The minimum atomic E-state index is -0.00725. The van der Waals surface area contributed by atoms with Gasteiger partial charge in [-0.1, -0.05) is 17.7 Å². The van der Waals surface area contributed by atoms with Gasteiger partial charge in [0.2, 0.25) is 0 Å². The van der Waals surface area contributed by atoms with E-state index in [4.69, 9.17) is 22.1 Å². The fourth-order valence-corrected chi connectivity index (χ4v) is 1.17. The van der Waals surface area contributed by atoms with Crippen LogP contribution in [0.25, 0.3) is 0 Å². The van der Waals surface area contributed by atoms with Crippen molar-refractivity contribution in [3.05, 3.63) is 28.8 Å². The molecule has 1 unspecified atom stereocenters. The van der Waals surface area contributed by atoms with Crippen molar-refractivity contribution in [2.24, 2.45) is 5.73 Å². The van der Waals surface area contributed by atoms with E-state index in [1.54, 1.807) is 0 Å². The maximum Gasteiger partial charge on any atom is 0.124 e. The van der Waals surface area contributed by atoms with Gasteiger partial charge in [-0.25, -0.2) is 0 Å². The summed E-state index contributed by atoms with van der Waals surface area (Å²) in [5, 5.41) is 0.683. The molecule has 0 aliphatic carbocycles. The Bertz CT molecular complexity index is 312. The van der Waals surface area contributed by atoms with Crippen LogP contribution >= 0.6 is 11.6 Å². The number of hydrogen-bond donors (Lipinski definition) is 1. The molecule has 1 aromatic carbocycles. The fourth-order valence-electron chi connectivity index (χ4n) is 1.01. The zero-order chi connectivity index (χ0) is 10.7. The molecule has 1 aromatic rings. The number of halogens is 1. The maximum atomic E-state index is 5.87. The van der Waals surface area contributed by atoms with E-state index in [0.29, 0.717) is 5.02 Å². The second kappa shape index (κ2) is 4.67. The molecule has 2 nitrogen and oxygen atoms in total. The van der Waals surface area contributed by atoms with Gasteiger partial charge in [0.05, 0.1) is 0 Å². The smallest absolute Gasteiger partial charge is 0.124 e. The first-order chi connectivity index (χ1) is 6.50. The van der Waals surface area contributed by atoms with Crippen LogP contribution in [0.1, 0.15) is 19.4 Å². The molecular weight excluding hydrogens is 198 g/mol. The van der Waals surface area contributed by atoms with Crippen molar-refractivity contribution in [2.75, 3.05) is 0 Å². The molecule has 14 heavy (non-hydrogen) atoms. The van der Waals surface area contributed by atoms with Crippen molar-refractivity contribution in [1.82, 2.24) is 0 Å². The summed E-state index contributed by atoms with van der Waals surface area (Å²) < 4.78 is 5.68. The van der Waals surface area contributed by atoms with Crippen LogP contribution in [0.15, 0.2) is 18.2 Å². The van der Waals surface area contributed by atoms with Crippen LogP contribution in [0.2, 0.25) is 5.02 Å². The highest BCUT2D eigenvalue weighted by Crippen LogP contribution is 2.23. The van der Waals surface area contributed by atoms with Gasteiger partial charge in [0.1, 0.15) is 11.9 Å². The van der Waals surface area contributed by atoms with Crippen molar-refractivity contribution in [3.63, 3.8) is 0 Å². The van der Waals surface area contributed by atoms with Gasteiger partial charge in [-0.05, 0) is 38.5 Å². The normalized spacial score (nSPS) is 14.9. The molecule has 0 saturated carbocycles. The van der Waals surface area contributed by atoms with Crippen LogP contribution in [-0.4, -0.2) is 12.1 Å². The molecule has 0 spiro atoms. The summed E-state index contributed by atoms with van der Waals surface area (Å²) in [5.74, 6) is 0.808. The van der Waals surface area contributed by atoms with Gasteiger partial charge in [-0.3, -0.25) is 0 Å². The molecule has 0 radical (unpaired) electrons. The van der Waals surface area contributed by atoms with Crippen LogP contribution in [-0.2, 0) is 0 Å². The Kier molecular flexibility index (Phi) is 3.78. The van der Waals surface area contributed by atoms with Gasteiger partial charge >= 0.3 is 0 Å². The summed E-state index contributed by atoms with van der Waals surface area (Å²) in [4.78, 5) is 0. The van der Waals surface area contributed by atoms with Crippen molar-refractivity contribution in [1.29, 1.82) is 0 Å². The largest absolute Gasteiger partial charge is 0.489 e. The molecule has 1 rings (SSSR count). The summed E-state index contributed by atoms with van der Waals surface area (Å²) in [5.41, 5.74) is 6.79. The van der Waals surface area contributed by atoms with Gasteiger partial charge in [-0.15, -0.1) is 0 Å². The van der Waals surface area contributed by atoms with E-state index in [2.05, 4.69) is 0 Å². The highest BCUT2D eigenvalue weighted by Gasteiger charge is 2.10. The highest BCUT2D eigenvalue weighted by atomic mass is 35.5. The summed E-state index contributed by atoms with van der Waals surface area (Å²) in [6.45, 7) is 5.86. The molecule has 2 N–H and O–H groups in total. The molecule has 0 bridgehead atoms. The number of ether oxygens (including phenoxy) is 1. The molecule has 0 amide bonds. The topological polar surface area (TPSA) is 35.2 Å². The van der Waals surface area contributed by atoms with Crippen LogP contribution in [0.5, 0.6) is 5.75 Å². The Morgan fingerprint density at radius 2 is 2.00 bits per heavy atom. The zero-order valence-electron chi connectivity index (χ0n) is 8.75. The third kappa shape index (κ3) is 2.89. The zero-order valence-corrected chi connectivity index (χ0v) is 9.51. The molecule has 0 aromatic heterocycles. The first-order valence-electron chi connectivity index (χ1n) is 4.69. The van der Waals surface area contributed by atoms with E-state index in [1.807, 2.05) is 39.0 Å². The Morgan fingerprint density at radius 3 is 2.57 bits per heavy atom. The van der Waals surface area contributed by atoms with E-state index in [0.717, 1.165) is 11.3 Å². The molecule has 0 fully saturated rings. The van der Waals surface area contributed by atoms with Crippen molar-refractivity contribution >= 4 is 11.6 Å². The number of rotatable bonds is 3. The average molecular weight is 214 g/mol. The van der Waals surface area contributed by atoms with Crippen LogP contribution in [0.4, 0.5) is 0 Å². The first kappa shape index (κ1) is 11.3. The van der Waals surface area contributed by atoms with E-state index < -0.39 is 0 Å². The molecule has 0 aliphatic heterocycles. The van der Waals surface area contributed by atoms with Gasteiger partial charge < -0.3 is 10.5 Å². The number of nitrogens with two attached hydrogens (primary N) is 1. The Hall–Kier alpha value is -0.730. The average Bonchev–Trinajstić information content (AvgIpc) is 2.11. The van der Waals surface area contributed by atoms with Gasteiger partial charge in [0.25, 0.3) is 0 Å². The molecule has 0 saturated heterocycles. The molecular formula is C11H16ClNO. The number of benzene rings is 1. The van der Waals surface area contributed by atoms with Crippen LogP contribution in [0, 0.1) is 6.92 Å². The summed E-state index contributed by atoms with van der Waals surface area (Å²) in [6, 6.07) is 5.61. The van der Waals surface area contributed by atoms with E-state index in [-0.39, 0.29) is 12.1 Å². The van der Waals surface area contributed by atoms with Crippen molar-refractivity contribution in [3.8, 4) is 5.75 Å². The molecule has 0 heterocycles. The lowest BCUT2D eigenvalue weighted by Crippen LogP contribution is -2.33. The fraction of sp³-hybridized carbons (Fsp3) is 0.455. The van der Waals surface area contributed by atoms with Gasteiger partial charge in [-0.2, -0.15) is 0 Å². The predicted octanol–water partition coefficient (Wildman–Crippen LogP) is 2.76. The molecule has 3 heteroatoms. The summed E-state index contributed by atoms with van der Waals surface area (Å²) in [6.07, 6.45) is -0.00725. The second-order valence-electron chi connectivity index (χ2n) is 3.59. The van der Waals surface area contributed by atoms with Crippen molar-refractivity contribution < 1.29 is 4.74 Å². The van der Waals surface area contributed by atoms with E-state index in [1.165, 1.54) is 0 Å². The Labute approximate surface area is 90.0 Å². The monoisotopic (exact) mass is 213 g/mol. The quantitative estimate of drug-likeness (QED) is 0.838. The Balaban J connectivity index is 2.80. The lowest BCUT2D eigenvalue weighted by atomic mass is 10.2. The van der Waals surface area contributed by atoms with E-state index >= 15 is 0 Å². The maximum absolute atomic E-state index is 5.87. The lowest BCUT2D eigenvalue weighted by molar-refractivity contribution is 0.195. The minimum Gasteiger partial charge on any atom is -0.489 e. The highest BCUT2D eigenvalue weighted by molar-refractivity contribution is 6.30. The summed E-state index contributed by atoms with van der Waals surface area (Å²) in [7, 11) is 0. The molecule has 2 atom stereocenters. The molecule has 0 aliphatic rings. The SMILES string of the molecule is Cc1ccc(Cl)cc1OC(C)[C@@H](C)N. The van der Waals surface area contributed by atoms with E-state index in [9.17, 15) is 0 Å².